The highest BCUT2D eigenvalue weighted by molar-refractivity contribution is 9.10. The number of aliphatic hydroxyl groups excluding tert-OH is 1. The standard InChI is InChI=1S/C9H10Br2O2/c1-13-9-3-2-6(11)4-7(9)8(12)5-10/h2-4,8,12H,5H2,1H3/t8-/m1/s1. The third-order valence-electron chi connectivity index (χ3n) is 1.70. The second kappa shape index (κ2) is 4.98. The molecule has 1 N–H and O–H groups in total. The van der Waals surface area contributed by atoms with E-state index in [0.717, 1.165) is 10.0 Å². The lowest BCUT2D eigenvalue weighted by Gasteiger charge is -2.12. The minimum atomic E-state index is -0.535. The fraction of sp³-hybridized carbons (Fsp3) is 0.333. The van der Waals surface area contributed by atoms with Crippen molar-refractivity contribution in [1.82, 2.24) is 0 Å². The van der Waals surface area contributed by atoms with E-state index < -0.39 is 6.10 Å². The second-order valence-electron chi connectivity index (χ2n) is 2.56. The zero-order chi connectivity index (χ0) is 9.84. The molecule has 1 rings (SSSR count). The summed E-state index contributed by atoms with van der Waals surface area (Å²) in [5.74, 6) is 0.704. The van der Waals surface area contributed by atoms with Crippen LogP contribution in [0.3, 0.4) is 0 Å². The Bertz CT molecular complexity index is 289. The van der Waals surface area contributed by atoms with Gasteiger partial charge in [0.2, 0.25) is 0 Å². The van der Waals surface area contributed by atoms with Crippen molar-refractivity contribution in [1.29, 1.82) is 0 Å². The molecule has 0 unspecified atom stereocenters. The molecular formula is C9H10Br2O2. The van der Waals surface area contributed by atoms with Crippen molar-refractivity contribution < 1.29 is 9.84 Å². The molecule has 0 spiro atoms. The molecule has 1 aromatic rings. The molecule has 1 aromatic carbocycles. The van der Waals surface area contributed by atoms with Crippen LogP contribution >= 0.6 is 31.9 Å². The summed E-state index contributed by atoms with van der Waals surface area (Å²) in [7, 11) is 1.59. The molecule has 0 aromatic heterocycles. The first-order valence-electron chi connectivity index (χ1n) is 3.76. The molecule has 0 fully saturated rings. The molecule has 72 valence electrons. The Hall–Kier alpha value is -0.0600. The molecule has 0 bridgehead atoms. The molecule has 0 aliphatic heterocycles. The summed E-state index contributed by atoms with van der Waals surface area (Å²) < 4.78 is 6.06. The molecule has 0 saturated heterocycles. The van der Waals surface area contributed by atoms with Gasteiger partial charge in [0.25, 0.3) is 0 Å². The minimum Gasteiger partial charge on any atom is -0.496 e. The largest absolute Gasteiger partial charge is 0.496 e. The molecule has 0 heterocycles. The third-order valence-corrected chi connectivity index (χ3v) is 2.80. The number of halogens is 2. The van der Waals surface area contributed by atoms with Gasteiger partial charge < -0.3 is 9.84 Å². The van der Waals surface area contributed by atoms with Crippen molar-refractivity contribution in [3.05, 3.63) is 28.2 Å². The Labute approximate surface area is 94.2 Å². The van der Waals surface area contributed by atoms with E-state index in [1.807, 2.05) is 18.2 Å². The van der Waals surface area contributed by atoms with Crippen LogP contribution in [-0.2, 0) is 0 Å². The van der Waals surface area contributed by atoms with E-state index in [1.165, 1.54) is 0 Å². The Morgan fingerprint density at radius 3 is 2.77 bits per heavy atom. The Balaban J connectivity index is 3.07. The molecule has 2 nitrogen and oxygen atoms in total. The lowest BCUT2D eigenvalue weighted by Crippen LogP contribution is -2.01. The zero-order valence-corrected chi connectivity index (χ0v) is 10.3. The van der Waals surface area contributed by atoms with Gasteiger partial charge >= 0.3 is 0 Å². The maximum atomic E-state index is 9.62. The SMILES string of the molecule is COc1ccc(Br)cc1[C@H](O)CBr. The summed E-state index contributed by atoms with van der Waals surface area (Å²) >= 11 is 6.56. The van der Waals surface area contributed by atoms with Crippen LogP contribution in [0.25, 0.3) is 0 Å². The summed E-state index contributed by atoms with van der Waals surface area (Å²) in [6.45, 7) is 0. The number of benzene rings is 1. The van der Waals surface area contributed by atoms with E-state index in [2.05, 4.69) is 31.9 Å². The predicted octanol–water partition coefficient (Wildman–Crippen LogP) is 2.89. The average molecular weight is 310 g/mol. The van der Waals surface area contributed by atoms with Crippen molar-refractivity contribution in [3.8, 4) is 5.75 Å². The molecule has 13 heavy (non-hydrogen) atoms. The van der Waals surface area contributed by atoms with Crippen LogP contribution in [0.4, 0.5) is 0 Å². The van der Waals surface area contributed by atoms with E-state index in [4.69, 9.17) is 4.74 Å². The van der Waals surface area contributed by atoms with Crippen LogP contribution in [0.5, 0.6) is 5.75 Å². The second-order valence-corrected chi connectivity index (χ2v) is 4.12. The van der Waals surface area contributed by atoms with Crippen LogP contribution in [0.2, 0.25) is 0 Å². The van der Waals surface area contributed by atoms with Gasteiger partial charge in [-0.15, -0.1) is 0 Å². The molecule has 0 aliphatic rings. The highest BCUT2D eigenvalue weighted by Gasteiger charge is 2.11. The van der Waals surface area contributed by atoms with Crippen LogP contribution in [0, 0.1) is 0 Å². The zero-order valence-electron chi connectivity index (χ0n) is 7.13. The summed E-state index contributed by atoms with van der Waals surface area (Å²) in [6.07, 6.45) is -0.535. The van der Waals surface area contributed by atoms with Gasteiger partial charge in [0.05, 0.1) is 13.2 Å². The molecule has 1 atom stereocenters. The van der Waals surface area contributed by atoms with Gasteiger partial charge in [0, 0.05) is 15.4 Å². The van der Waals surface area contributed by atoms with Crippen molar-refractivity contribution in [3.63, 3.8) is 0 Å². The number of hydrogen-bond donors (Lipinski definition) is 1. The first-order valence-corrected chi connectivity index (χ1v) is 5.68. The number of methoxy groups -OCH3 is 1. The lowest BCUT2D eigenvalue weighted by molar-refractivity contribution is 0.200. The van der Waals surface area contributed by atoms with Gasteiger partial charge in [-0.25, -0.2) is 0 Å². The van der Waals surface area contributed by atoms with Crippen molar-refractivity contribution >= 4 is 31.9 Å². The van der Waals surface area contributed by atoms with Gasteiger partial charge in [-0.3, -0.25) is 0 Å². The van der Waals surface area contributed by atoms with E-state index in [1.54, 1.807) is 7.11 Å². The van der Waals surface area contributed by atoms with Gasteiger partial charge in [-0.05, 0) is 18.2 Å². The number of rotatable bonds is 3. The first kappa shape index (κ1) is 11.0. The van der Waals surface area contributed by atoms with Crippen LogP contribution in [0.1, 0.15) is 11.7 Å². The molecular weight excluding hydrogens is 300 g/mol. The summed E-state index contributed by atoms with van der Waals surface area (Å²) in [5.41, 5.74) is 0.786. The van der Waals surface area contributed by atoms with E-state index >= 15 is 0 Å². The highest BCUT2D eigenvalue weighted by Crippen LogP contribution is 2.29. The van der Waals surface area contributed by atoms with Gasteiger partial charge in [-0.2, -0.15) is 0 Å². The normalized spacial score (nSPS) is 12.6. The third kappa shape index (κ3) is 2.69. The number of hydrogen-bond acceptors (Lipinski definition) is 2. The number of aliphatic hydroxyl groups is 1. The Morgan fingerprint density at radius 2 is 2.23 bits per heavy atom. The monoisotopic (exact) mass is 308 g/mol. The molecule has 0 saturated carbocycles. The van der Waals surface area contributed by atoms with Gasteiger partial charge in [0.1, 0.15) is 5.75 Å². The summed E-state index contributed by atoms with van der Waals surface area (Å²) in [4.78, 5) is 0. The van der Waals surface area contributed by atoms with Crippen molar-refractivity contribution in [2.24, 2.45) is 0 Å². The van der Waals surface area contributed by atoms with Crippen molar-refractivity contribution in [2.75, 3.05) is 12.4 Å². The molecule has 0 radical (unpaired) electrons. The quantitative estimate of drug-likeness (QED) is 0.870. The number of ether oxygens (including phenoxy) is 1. The fourth-order valence-corrected chi connectivity index (χ4v) is 1.78. The van der Waals surface area contributed by atoms with E-state index in [-0.39, 0.29) is 0 Å². The first-order chi connectivity index (χ1) is 6.19. The smallest absolute Gasteiger partial charge is 0.124 e. The Morgan fingerprint density at radius 1 is 1.54 bits per heavy atom. The lowest BCUT2D eigenvalue weighted by atomic mass is 10.1. The maximum Gasteiger partial charge on any atom is 0.124 e. The summed E-state index contributed by atoms with van der Waals surface area (Å²) in [5, 5.41) is 10.1. The van der Waals surface area contributed by atoms with E-state index in [0.29, 0.717) is 11.1 Å². The van der Waals surface area contributed by atoms with Crippen LogP contribution < -0.4 is 4.74 Å². The summed E-state index contributed by atoms with van der Waals surface area (Å²) in [6, 6.07) is 5.55. The fourth-order valence-electron chi connectivity index (χ4n) is 1.05. The van der Waals surface area contributed by atoms with E-state index in [9.17, 15) is 5.11 Å². The van der Waals surface area contributed by atoms with Crippen LogP contribution in [0.15, 0.2) is 22.7 Å². The van der Waals surface area contributed by atoms with Crippen molar-refractivity contribution in [2.45, 2.75) is 6.10 Å². The maximum absolute atomic E-state index is 9.62. The number of alkyl halides is 1. The topological polar surface area (TPSA) is 29.5 Å². The predicted molar refractivity (Wildman–Crippen MR) is 59.4 cm³/mol. The van der Waals surface area contributed by atoms with Gasteiger partial charge in [-0.1, -0.05) is 31.9 Å². The average Bonchev–Trinajstić information content (AvgIpc) is 2.16. The Kier molecular flexibility index (Phi) is 4.22. The van der Waals surface area contributed by atoms with Crippen LogP contribution in [-0.4, -0.2) is 17.5 Å². The van der Waals surface area contributed by atoms with Gasteiger partial charge in [0.15, 0.2) is 0 Å². The molecule has 0 aliphatic carbocycles. The molecule has 4 heteroatoms. The molecule has 0 amide bonds. The minimum absolute atomic E-state index is 0.500. The highest BCUT2D eigenvalue weighted by atomic mass is 79.9.